The van der Waals surface area contributed by atoms with Gasteiger partial charge in [-0.3, -0.25) is 9.59 Å². The molecule has 0 aliphatic heterocycles. The minimum absolute atomic E-state index is 0.102. The monoisotopic (exact) mass is 407 g/mol. The van der Waals surface area contributed by atoms with E-state index in [1.807, 2.05) is 41.5 Å². The number of ketones is 1. The summed E-state index contributed by atoms with van der Waals surface area (Å²) in [5.74, 6) is 0.481. The first-order chi connectivity index (χ1) is 13.5. The zero-order chi connectivity index (χ0) is 22.9. The third kappa shape index (κ3) is 19.4. The van der Waals surface area contributed by atoms with Crippen molar-refractivity contribution < 1.29 is 14.3 Å². The Hall–Kier alpha value is -1.68. The molecule has 1 unspecified atom stereocenters. The highest BCUT2D eigenvalue weighted by Gasteiger charge is 2.14. The summed E-state index contributed by atoms with van der Waals surface area (Å²) >= 11 is 0. The molecule has 0 fully saturated rings. The first kappa shape index (κ1) is 29.5. The molecule has 168 valence electrons. The maximum atomic E-state index is 11.1. The van der Waals surface area contributed by atoms with E-state index in [4.69, 9.17) is 10.5 Å². The van der Waals surface area contributed by atoms with Crippen LogP contribution in [0.15, 0.2) is 24.3 Å². The summed E-state index contributed by atoms with van der Waals surface area (Å²) in [6, 6.07) is 8.66. The second-order valence-electron chi connectivity index (χ2n) is 8.34. The molecule has 0 radical (unpaired) electrons. The minimum atomic E-state index is -0.327. The zero-order valence-electron chi connectivity index (χ0n) is 20.1. The van der Waals surface area contributed by atoms with Gasteiger partial charge in [0.25, 0.3) is 0 Å². The molecule has 1 atom stereocenters. The van der Waals surface area contributed by atoms with Crippen molar-refractivity contribution in [2.45, 2.75) is 99.5 Å². The number of aryl methyl sites for hydroxylation is 2. The largest absolute Gasteiger partial charge is 0.460 e. The molecule has 0 spiro atoms. The van der Waals surface area contributed by atoms with Crippen LogP contribution in [-0.4, -0.2) is 23.9 Å². The van der Waals surface area contributed by atoms with Gasteiger partial charge in [0.2, 0.25) is 0 Å². The van der Waals surface area contributed by atoms with Crippen molar-refractivity contribution in [3.63, 3.8) is 0 Å². The quantitative estimate of drug-likeness (QED) is 0.534. The topological polar surface area (TPSA) is 69.4 Å². The van der Waals surface area contributed by atoms with Gasteiger partial charge in [0.1, 0.15) is 11.4 Å². The summed E-state index contributed by atoms with van der Waals surface area (Å²) in [5, 5.41) is 0. The molecule has 4 nitrogen and oxygen atoms in total. The Morgan fingerprint density at radius 2 is 1.59 bits per heavy atom. The van der Waals surface area contributed by atoms with Gasteiger partial charge in [0.05, 0.1) is 0 Å². The molecule has 0 aliphatic rings. The van der Waals surface area contributed by atoms with Crippen molar-refractivity contribution in [3.05, 3.63) is 35.4 Å². The molecule has 1 aromatic carbocycles. The molecule has 0 saturated carbocycles. The lowest BCUT2D eigenvalue weighted by atomic mass is 10.0. The fourth-order valence-electron chi connectivity index (χ4n) is 2.17. The summed E-state index contributed by atoms with van der Waals surface area (Å²) in [5.41, 5.74) is 7.70. The Morgan fingerprint density at radius 3 is 1.97 bits per heavy atom. The van der Waals surface area contributed by atoms with E-state index in [2.05, 4.69) is 38.1 Å². The Labute approximate surface area is 179 Å². The Morgan fingerprint density at radius 1 is 1.03 bits per heavy atom. The fourth-order valence-corrected chi connectivity index (χ4v) is 2.17. The van der Waals surface area contributed by atoms with Crippen molar-refractivity contribution in [1.29, 1.82) is 0 Å². The SMILES string of the molecule is CCC(C)C(=O)CCCN.CCCC(=O)OC(C)(C)C.CCc1ccc(C)cc1. The number of benzene rings is 1. The Kier molecular flexibility index (Phi) is 17.5. The molecule has 2 N–H and O–H groups in total. The average Bonchev–Trinajstić information content (AvgIpc) is 2.65. The molecule has 1 aromatic rings. The highest BCUT2D eigenvalue weighted by molar-refractivity contribution is 5.80. The molecule has 0 aromatic heterocycles. The number of carbonyl (C=O) groups is 2. The molecular formula is C25H45NO3. The summed E-state index contributed by atoms with van der Waals surface area (Å²) < 4.78 is 5.04. The molecule has 0 heterocycles. The number of hydrogen-bond acceptors (Lipinski definition) is 4. The van der Waals surface area contributed by atoms with Crippen LogP contribution >= 0.6 is 0 Å². The van der Waals surface area contributed by atoms with Crippen LogP contribution < -0.4 is 5.73 Å². The molecule has 0 amide bonds. The second-order valence-corrected chi connectivity index (χ2v) is 8.34. The van der Waals surface area contributed by atoms with Gasteiger partial charge in [-0.15, -0.1) is 0 Å². The van der Waals surface area contributed by atoms with E-state index in [1.165, 1.54) is 11.1 Å². The average molecular weight is 408 g/mol. The van der Waals surface area contributed by atoms with Crippen LogP contribution in [0.5, 0.6) is 0 Å². The van der Waals surface area contributed by atoms with E-state index in [0.29, 0.717) is 25.2 Å². The normalized spacial score (nSPS) is 11.3. The standard InChI is InChI=1S/C9H12.C8H17NO.C8H16O2/c1-3-9-6-4-8(2)5-7-9;1-3-7(2)8(10)5-4-6-9;1-5-6-7(9)10-8(2,3)4/h4-7H,3H2,1-2H3;7H,3-6,9H2,1-2H3;5-6H2,1-4H3. The molecule has 0 bridgehead atoms. The lowest BCUT2D eigenvalue weighted by Gasteiger charge is -2.18. The first-order valence-electron chi connectivity index (χ1n) is 11.0. The predicted molar refractivity (Wildman–Crippen MR) is 124 cm³/mol. The maximum Gasteiger partial charge on any atom is 0.306 e. The van der Waals surface area contributed by atoms with Gasteiger partial charge >= 0.3 is 5.97 Å². The van der Waals surface area contributed by atoms with Gasteiger partial charge in [-0.05, 0) is 65.5 Å². The van der Waals surface area contributed by atoms with Crippen LogP contribution in [0.25, 0.3) is 0 Å². The summed E-state index contributed by atoms with van der Waals surface area (Å²) in [6.07, 6.45) is 4.96. The third-order valence-corrected chi connectivity index (χ3v) is 4.19. The summed E-state index contributed by atoms with van der Waals surface area (Å²) in [6.45, 7) is 16.5. The van der Waals surface area contributed by atoms with Crippen molar-refractivity contribution in [1.82, 2.24) is 0 Å². The number of nitrogens with two attached hydrogens (primary N) is 1. The van der Waals surface area contributed by atoms with E-state index < -0.39 is 0 Å². The van der Waals surface area contributed by atoms with Gasteiger partial charge < -0.3 is 10.5 Å². The summed E-state index contributed by atoms with van der Waals surface area (Å²) in [7, 11) is 0. The zero-order valence-corrected chi connectivity index (χ0v) is 20.1. The number of Topliss-reactive ketones (excluding diaryl/α,β-unsaturated/α-hetero) is 1. The van der Waals surface area contributed by atoms with E-state index >= 15 is 0 Å². The lowest BCUT2D eigenvalue weighted by molar-refractivity contribution is -0.154. The van der Waals surface area contributed by atoms with Gasteiger partial charge in [0.15, 0.2) is 0 Å². The summed E-state index contributed by atoms with van der Waals surface area (Å²) in [4.78, 5) is 21.9. The number of carbonyl (C=O) groups excluding carboxylic acids is 2. The molecule has 29 heavy (non-hydrogen) atoms. The minimum Gasteiger partial charge on any atom is -0.460 e. The van der Waals surface area contributed by atoms with E-state index in [-0.39, 0.29) is 17.5 Å². The van der Waals surface area contributed by atoms with Crippen molar-refractivity contribution in [2.24, 2.45) is 11.7 Å². The number of esters is 1. The molecular weight excluding hydrogens is 362 g/mol. The van der Waals surface area contributed by atoms with Crippen LogP contribution in [0.3, 0.4) is 0 Å². The third-order valence-electron chi connectivity index (χ3n) is 4.19. The van der Waals surface area contributed by atoms with E-state index in [1.54, 1.807) is 0 Å². The number of rotatable bonds is 8. The molecule has 4 heteroatoms. The molecule has 1 rings (SSSR count). The van der Waals surface area contributed by atoms with Crippen LogP contribution in [0.1, 0.15) is 91.7 Å². The second kappa shape index (κ2) is 17.2. The van der Waals surface area contributed by atoms with E-state index in [9.17, 15) is 9.59 Å². The lowest BCUT2D eigenvalue weighted by Crippen LogP contribution is -2.23. The molecule has 0 saturated heterocycles. The highest BCUT2D eigenvalue weighted by Crippen LogP contribution is 2.08. The fraction of sp³-hybridized carbons (Fsp3) is 0.680. The van der Waals surface area contributed by atoms with Gasteiger partial charge in [-0.25, -0.2) is 0 Å². The van der Waals surface area contributed by atoms with Crippen molar-refractivity contribution in [2.75, 3.05) is 6.54 Å². The highest BCUT2D eigenvalue weighted by atomic mass is 16.6. The van der Waals surface area contributed by atoms with Gasteiger partial charge in [0, 0.05) is 18.8 Å². The smallest absolute Gasteiger partial charge is 0.306 e. The molecule has 0 aliphatic carbocycles. The Bertz CT molecular complexity index is 544. The number of ether oxygens (including phenoxy) is 1. The predicted octanol–water partition coefficient (Wildman–Crippen LogP) is 6.03. The maximum absolute atomic E-state index is 11.1. The Balaban J connectivity index is 0. The van der Waals surface area contributed by atoms with Crippen molar-refractivity contribution >= 4 is 11.8 Å². The van der Waals surface area contributed by atoms with Gasteiger partial charge in [-0.1, -0.05) is 57.5 Å². The van der Waals surface area contributed by atoms with Gasteiger partial charge in [-0.2, -0.15) is 0 Å². The number of hydrogen-bond donors (Lipinski definition) is 1. The van der Waals surface area contributed by atoms with Crippen LogP contribution in [0.4, 0.5) is 0 Å². The first-order valence-corrected chi connectivity index (χ1v) is 11.0. The van der Waals surface area contributed by atoms with Crippen molar-refractivity contribution in [3.8, 4) is 0 Å². The van der Waals surface area contributed by atoms with Crippen LogP contribution in [-0.2, 0) is 20.7 Å². The van der Waals surface area contributed by atoms with Crippen LogP contribution in [0, 0.1) is 12.8 Å². The van der Waals surface area contributed by atoms with E-state index in [0.717, 1.165) is 25.7 Å². The van der Waals surface area contributed by atoms with Crippen LogP contribution in [0.2, 0.25) is 0 Å².